The fourth-order valence-corrected chi connectivity index (χ4v) is 3.43. The van der Waals surface area contributed by atoms with Crippen molar-refractivity contribution in [2.75, 3.05) is 20.1 Å². The van der Waals surface area contributed by atoms with Crippen LogP contribution in [0.2, 0.25) is 0 Å². The van der Waals surface area contributed by atoms with Crippen LogP contribution in [0.15, 0.2) is 24.3 Å². The number of amides is 1. The molecular weight excluding hydrogens is 243 g/mol. The summed E-state index contributed by atoms with van der Waals surface area (Å²) in [4.78, 5) is 16.7. The number of halogens is 1. The van der Waals surface area contributed by atoms with Gasteiger partial charge in [0, 0.05) is 25.2 Å². The summed E-state index contributed by atoms with van der Waals surface area (Å²) in [5, 5.41) is 0. The minimum Gasteiger partial charge on any atom is -0.338 e. The van der Waals surface area contributed by atoms with E-state index in [1.165, 1.54) is 12.1 Å². The Morgan fingerprint density at radius 2 is 2.11 bits per heavy atom. The van der Waals surface area contributed by atoms with Crippen molar-refractivity contribution in [3.8, 4) is 0 Å². The third-order valence-electron chi connectivity index (χ3n) is 4.42. The molecule has 102 valence electrons. The molecule has 0 bridgehead atoms. The smallest absolute Gasteiger partial charge is 0.227 e. The van der Waals surface area contributed by atoms with Gasteiger partial charge in [0.25, 0.3) is 0 Å². The third kappa shape index (κ3) is 2.37. The van der Waals surface area contributed by atoms with E-state index in [0.717, 1.165) is 31.5 Å². The molecule has 2 saturated heterocycles. The first-order chi connectivity index (χ1) is 9.15. The molecular formula is C15H19FN2O. The maximum absolute atomic E-state index is 13.1. The fourth-order valence-electron chi connectivity index (χ4n) is 3.43. The largest absolute Gasteiger partial charge is 0.338 e. The van der Waals surface area contributed by atoms with Crippen LogP contribution < -0.4 is 0 Å². The molecule has 3 nitrogen and oxygen atoms in total. The standard InChI is InChI=1S/C15H19FN2O/c1-17-7-5-14-13(17)6-8-18(14)15(19)10-11-3-2-4-12(16)9-11/h2-4,9,13-14H,5-8,10H2,1H3/t13-,14+/m0/s1. The average Bonchev–Trinajstić information content (AvgIpc) is 2.93. The molecule has 0 saturated carbocycles. The SMILES string of the molecule is CN1CC[C@@H]2[C@@H]1CCN2C(=O)Cc1cccc(F)c1. The van der Waals surface area contributed by atoms with Crippen molar-refractivity contribution < 1.29 is 9.18 Å². The Kier molecular flexibility index (Phi) is 3.27. The lowest BCUT2D eigenvalue weighted by Crippen LogP contribution is -2.39. The first-order valence-corrected chi connectivity index (χ1v) is 6.89. The van der Waals surface area contributed by atoms with Crippen molar-refractivity contribution in [1.82, 2.24) is 9.80 Å². The van der Waals surface area contributed by atoms with Gasteiger partial charge in [-0.3, -0.25) is 4.79 Å². The number of hydrogen-bond acceptors (Lipinski definition) is 2. The van der Waals surface area contributed by atoms with E-state index in [9.17, 15) is 9.18 Å². The maximum Gasteiger partial charge on any atom is 0.227 e. The van der Waals surface area contributed by atoms with Gasteiger partial charge in [-0.25, -0.2) is 4.39 Å². The molecule has 1 amide bonds. The van der Waals surface area contributed by atoms with Crippen LogP contribution in [0.5, 0.6) is 0 Å². The second-order valence-corrected chi connectivity index (χ2v) is 5.59. The first-order valence-electron chi connectivity index (χ1n) is 6.89. The van der Waals surface area contributed by atoms with Crippen LogP contribution in [0.4, 0.5) is 4.39 Å². The molecule has 2 fully saturated rings. The van der Waals surface area contributed by atoms with E-state index >= 15 is 0 Å². The van der Waals surface area contributed by atoms with Crippen LogP contribution in [0.25, 0.3) is 0 Å². The lowest BCUT2D eigenvalue weighted by atomic mass is 10.1. The number of nitrogens with zero attached hydrogens (tertiary/aromatic N) is 2. The number of carbonyl (C=O) groups excluding carboxylic acids is 1. The third-order valence-corrected chi connectivity index (χ3v) is 4.42. The summed E-state index contributed by atoms with van der Waals surface area (Å²) in [6.45, 7) is 1.91. The van der Waals surface area contributed by atoms with Crippen LogP contribution in [0.3, 0.4) is 0 Å². The van der Waals surface area contributed by atoms with Crippen molar-refractivity contribution in [3.63, 3.8) is 0 Å². The summed E-state index contributed by atoms with van der Waals surface area (Å²) in [6.07, 6.45) is 2.44. The van der Waals surface area contributed by atoms with Crippen molar-refractivity contribution in [3.05, 3.63) is 35.6 Å². The molecule has 1 aromatic rings. The molecule has 0 aromatic heterocycles. The van der Waals surface area contributed by atoms with Crippen molar-refractivity contribution in [1.29, 1.82) is 0 Å². The molecule has 2 aliphatic rings. The Bertz CT molecular complexity index is 491. The van der Waals surface area contributed by atoms with Gasteiger partial charge in [0.2, 0.25) is 5.91 Å². The first kappa shape index (κ1) is 12.6. The van der Waals surface area contributed by atoms with Gasteiger partial charge in [-0.2, -0.15) is 0 Å². The Morgan fingerprint density at radius 3 is 2.89 bits per heavy atom. The summed E-state index contributed by atoms with van der Waals surface area (Å²) in [6, 6.07) is 7.23. The number of carbonyl (C=O) groups is 1. The molecule has 1 aromatic carbocycles. The molecule has 19 heavy (non-hydrogen) atoms. The van der Waals surface area contributed by atoms with Gasteiger partial charge in [-0.05, 0) is 37.6 Å². The van der Waals surface area contributed by atoms with E-state index in [-0.39, 0.29) is 11.7 Å². The van der Waals surface area contributed by atoms with Gasteiger partial charge in [0.15, 0.2) is 0 Å². The minimum atomic E-state index is -0.273. The number of fused-ring (bicyclic) bond motifs is 1. The predicted octanol–water partition coefficient (Wildman–Crippen LogP) is 1.67. The van der Waals surface area contributed by atoms with E-state index in [1.54, 1.807) is 6.07 Å². The van der Waals surface area contributed by atoms with Gasteiger partial charge < -0.3 is 9.80 Å². The van der Waals surface area contributed by atoms with Crippen molar-refractivity contribution in [2.45, 2.75) is 31.3 Å². The zero-order chi connectivity index (χ0) is 13.4. The molecule has 0 N–H and O–H groups in total. The number of likely N-dealkylation sites (N-methyl/N-ethyl adjacent to an activating group) is 1. The highest BCUT2D eigenvalue weighted by atomic mass is 19.1. The van der Waals surface area contributed by atoms with Gasteiger partial charge in [0.05, 0.1) is 6.42 Å². The number of rotatable bonds is 2. The molecule has 2 heterocycles. The monoisotopic (exact) mass is 262 g/mol. The minimum absolute atomic E-state index is 0.133. The summed E-state index contributed by atoms with van der Waals surface area (Å²) in [5.74, 6) is -0.140. The van der Waals surface area contributed by atoms with E-state index in [1.807, 2.05) is 11.0 Å². The van der Waals surface area contributed by atoms with E-state index in [4.69, 9.17) is 0 Å². The van der Waals surface area contributed by atoms with Crippen LogP contribution in [-0.2, 0) is 11.2 Å². The zero-order valence-corrected chi connectivity index (χ0v) is 11.2. The highest BCUT2D eigenvalue weighted by Crippen LogP contribution is 2.30. The average molecular weight is 262 g/mol. The number of benzene rings is 1. The molecule has 0 radical (unpaired) electrons. The fraction of sp³-hybridized carbons (Fsp3) is 0.533. The lowest BCUT2D eigenvalue weighted by Gasteiger charge is -2.24. The van der Waals surface area contributed by atoms with E-state index in [0.29, 0.717) is 18.5 Å². The van der Waals surface area contributed by atoms with Crippen molar-refractivity contribution >= 4 is 5.91 Å². The van der Waals surface area contributed by atoms with Crippen molar-refractivity contribution in [2.24, 2.45) is 0 Å². The van der Waals surface area contributed by atoms with Crippen LogP contribution >= 0.6 is 0 Å². The Hall–Kier alpha value is -1.42. The Morgan fingerprint density at radius 1 is 1.32 bits per heavy atom. The highest BCUT2D eigenvalue weighted by Gasteiger charge is 2.42. The quantitative estimate of drug-likeness (QED) is 0.809. The topological polar surface area (TPSA) is 23.6 Å². The van der Waals surface area contributed by atoms with Crippen LogP contribution in [0.1, 0.15) is 18.4 Å². The summed E-state index contributed by atoms with van der Waals surface area (Å²) in [5.41, 5.74) is 0.764. The van der Waals surface area contributed by atoms with Crippen LogP contribution in [0, 0.1) is 5.82 Å². The molecule has 3 rings (SSSR count). The van der Waals surface area contributed by atoms with Gasteiger partial charge in [0.1, 0.15) is 5.82 Å². The van der Waals surface area contributed by atoms with Crippen LogP contribution in [-0.4, -0.2) is 47.9 Å². The summed E-state index contributed by atoms with van der Waals surface area (Å²) in [7, 11) is 2.13. The predicted molar refractivity (Wildman–Crippen MR) is 71.3 cm³/mol. The zero-order valence-electron chi connectivity index (χ0n) is 11.2. The number of likely N-dealkylation sites (tertiary alicyclic amines) is 2. The molecule has 0 aliphatic carbocycles. The van der Waals surface area contributed by atoms with Gasteiger partial charge in [-0.1, -0.05) is 12.1 Å². The normalized spacial score (nSPS) is 26.7. The Balaban J connectivity index is 1.68. The molecule has 2 aliphatic heterocycles. The van der Waals surface area contributed by atoms with Gasteiger partial charge >= 0.3 is 0 Å². The molecule has 0 unspecified atom stereocenters. The molecule has 2 atom stereocenters. The molecule has 4 heteroatoms. The van der Waals surface area contributed by atoms with E-state index in [2.05, 4.69) is 11.9 Å². The highest BCUT2D eigenvalue weighted by molar-refractivity contribution is 5.79. The second-order valence-electron chi connectivity index (χ2n) is 5.59. The van der Waals surface area contributed by atoms with E-state index < -0.39 is 0 Å². The maximum atomic E-state index is 13.1. The second kappa shape index (κ2) is 4.93. The number of hydrogen-bond donors (Lipinski definition) is 0. The lowest BCUT2D eigenvalue weighted by molar-refractivity contribution is -0.131. The summed E-state index contributed by atoms with van der Waals surface area (Å²) < 4.78 is 13.1. The molecule has 0 spiro atoms. The van der Waals surface area contributed by atoms with Gasteiger partial charge in [-0.15, -0.1) is 0 Å². The summed E-state index contributed by atoms with van der Waals surface area (Å²) >= 11 is 0. The Labute approximate surface area is 113 Å².